The minimum Gasteiger partial charge on any atom is -0.493 e. The van der Waals surface area contributed by atoms with Crippen LogP contribution in [0.4, 0.5) is 5.69 Å². The number of anilines is 1. The Balaban J connectivity index is 1.97. The highest BCUT2D eigenvalue weighted by atomic mass is 32.1. The van der Waals surface area contributed by atoms with Gasteiger partial charge in [-0.25, -0.2) is 4.79 Å². The van der Waals surface area contributed by atoms with E-state index >= 15 is 0 Å². The van der Waals surface area contributed by atoms with Crippen molar-refractivity contribution in [1.82, 2.24) is 0 Å². The summed E-state index contributed by atoms with van der Waals surface area (Å²) in [7, 11) is 4.45. The molecule has 7 heteroatoms. The summed E-state index contributed by atoms with van der Waals surface area (Å²) in [5.74, 6) is 0.640. The number of carbonyl (C=O) groups is 2. The second-order valence-electron chi connectivity index (χ2n) is 4.89. The molecule has 2 rings (SSSR count). The molecule has 0 atom stereocenters. The van der Waals surface area contributed by atoms with Crippen LogP contribution in [0.1, 0.15) is 21.7 Å². The first kappa shape index (κ1) is 17.8. The largest absolute Gasteiger partial charge is 0.493 e. The maximum Gasteiger partial charge on any atom is 0.350 e. The third-order valence-electron chi connectivity index (χ3n) is 3.40. The number of amides is 1. The van der Waals surface area contributed by atoms with Crippen LogP contribution in [0.3, 0.4) is 0 Å². The molecule has 0 bridgehead atoms. The summed E-state index contributed by atoms with van der Waals surface area (Å²) in [5.41, 5.74) is 1.44. The summed E-state index contributed by atoms with van der Waals surface area (Å²) in [4.78, 5) is 24.1. The van der Waals surface area contributed by atoms with Crippen LogP contribution in [-0.4, -0.2) is 33.2 Å². The van der Waals surface area contributed by atoms with Gasteiger partial charge in [-0.2, -0.15) is 0 Å². The highest BCUT2D eigenvalue weighted by molar-refractivity contribution is 7.12. The monoisotopic (exact) mass is 349 g/mol. The number of esters is 1. The maximum absolute atomic E-state index is 12.1. The molecule has 0 saturated heterocycles. The average molecular weight is 349 g/mol. The summed E-state index contributed by atoms with van der Waals surface area (Å²) in [6, 6.07) is 7.22. The number of aryl methyl sites for hydroxylation is 1. The smallest absolute Gasteiger partial charge is 0.350 e. The number of hydrogen-bond acceptors (Lipinski definition) is 6. The molecule has 0 fully saturated rings. The highest BCUT2D eigenvalue weighted by Gasteiger charge is 2.15. The van der Waals surface area contributed by atoms with Crippen molar-refractivity contribution in [2.75, 3.05) is 26.6 Å². The molecule has 0 radical (unpaired) electrons. The van der Waals surface area contributed by atoms with Gasteiger partial charge in [-0.15, -0.1) is 11.3 Å². The van der Waals surface area contributed by atoms with E-state index in [2.05, 4.69) is 10.1 Å². The maximum atomic E-state index is 12.1. The minimum absolute atomic E-state index is 0.173. The zero-order valence-corrected chi connectivity index (χ0v) is 14.6. The van der Waals surface area contributed by atoms with E-state index in [0.29, 0.717) is 28.5 Å². The molecule has 0 aliphatic carbocycles. The Hall–Kier alpha value is -2.54. The standard InChI is InChI=1S/C17H19NO5S/c1-21-13-6-4-11(10-14(13)22-2)5-7-15(19)18-12-8-9-24-16(12)17(20)23-3/h4,6,8-10H,5,7H2,1-3H3,(H,18,19). The number of methoxy groups -OCH3 is 3. The van der Waals surface area contributed by atoms with Crippen LogP contribution in [0.2, 0.25) is 0 Å². The zero-order valence-electron chi connectivity index (χ0n) is 13.8. The van der Waals surface area contributed by atoms with Gasteiger partial charge in [0.25, 0.3) is 0 Å². The van der Waals surface area contributed by atoms with Crippen molar-refractivity contribution in [2.45, 2.75) is 12.8 Å². The predicted octanol–water partition coefficient (Wildman–Crippen LogP) is 3.12. The number of ether oxygens (including phenoxy) is 3. The lowest BCUT2D eigenvalue weighted by Gasteiger charge is -2.10. The van der Waals surface area contributed by atoms with Gasteiger partial charge in [-0.3, -0.25) is 4.79 Å². The summed E-state index contributed by atoms with van der Waals surface area (Å²) >= 11 is 1.23. The van der Waals surface area contributed by atoms with Crippen molar-refractivity contribution in [2.24, 2.45) is 0 Å². The van der Waals surface area contributed by atoms with Crippen molar-refractivity contribution >= 4 is 28.9 Å². The molecule has 6 nitrogen and oxygen atoms in total. The molecule has 0 spiro atoms. The fourth-order valence-corrected chi connectivity index (χ4v) is 2.93. The Labute approximate surface area is 144 Å². The van der Waals surface area contributed by atoms with Crippen molar-refractivity contribution in [1.29, 1.82) is 0 Å². The molecule has 1 aromatic heterocycles. The fraction of sp³-hybridized carbons (Fsp3) is 0.294. The predicted molar refractivity (Wildman–Crippen MR) is 92.2 cm³/mol. The molecule has 1 heterocycles. The number of carbonyl (C=O) groups excluding carboxylic acids is 2. The molecule has 2 aromatic rings. The molecule has 1 aromatic carbocycles. The number of thiophene rings is 1. The topological polar surface area (TPSA) is 73.9 Å². The lowest BCUT2D eigenvalue weighted by Crippen LogP contribution is -2.14. The van der Waals surface area contributed by atoms with Crippen molar-refractivity contribution in [3.63, 3.8) is 0 Å². The quantitative estimate of drug-likeness (QED) is 0.778. The van der Waals surface area contributed by atoms with Gasteiger partial charge in [0.2, 0.25) is 5.91 Å². The van der Waals surface area contributed by atoms with Gasteiger partial charge in [0, 0.05) is 6.42 Å². The van der Waals surface area contributed by atoms with E-state index in [1.807, 2.05) is 12.1 Å². The summed E-state index contributed by atoms with van der Waals surface area (Å²) < 4.78 is 15.1. The van der Waals surface area contributed by atoms with Gasteiger partial charge in [0.05, 0.1) is 27.0 Å². The van der Waals surface area contributed by atoms with E-state index < -0.39 is 5.97 Å². The van der Waals surface area contributed by atoms with Gasteiger partial charge in [0.15, 0.2) is 11.5 Å². The minimum atomic E-state index is -0.458. The van der Waals surface area contributed by atoms with E-state index in [4.69, 9.17) is 9.47 Å². The van der Waals surface area contributed by atoms with E-state index in [1.54, 1.807) is 31.7 Å². The second kappa shape index (κ2) is 8.35. The third kappa shape index (κ3) is 4.26. The van der Waals surface area contributed by atoms with Gasteiger partial charge >= 0.3 is 5.97 Å². The Morgan fingerprint density at radius 2 is 1.83 bits per heavy atom. The highest BCUT2D eigenvalue weighted by Crippen LogP contribution is 2.28. The third-order valence-corrected chi connectivity index (χ3v) is 4.29. The number of rotatable bonds is 7. The van der Waals surface area contributed by atoms with Crippen LogP contribution in [0, 0.1) is 0 Å². The molecule has 0 unspecified atom stereocenters. The molecular weight excluding hydrogens is 330 g/mol. The number of benzene rings is 1. The first-order valence-electron chi connectivity index (χ1n) is 7.25. The van der Waals surface area contributed by atoms with Crippen LogP contribution in [0.15, 0.2) is 29.6 Å². The summed E-state index contributed by atoms with van der Waals surface area (Å²) in [5, 5.41) is 4.47. The Morgan fingerprint density at radius 3 is 2.50 bits per heavy atom. The van der Waals surface area contributed by atoms with Crippen molar-refractivity contribution in [3.8, 4) is 11.5 Å². The van der Waals surface area contributed by atoms with Crippen molar-refractivity contribution < 1.29 is 23.8 Å². The normalized spacial score (nSPS) is 10.1. The fourth-order valence-electron chi connectivity index (χ4n) is 2.17. The summed E-state index contributed by atoms with van der Waals surface area (Å²) in [6.07, 6.45) is 0.829. The molecule has 1 amide bonds. The van der Waals surface area contributed by atoms with E-state index in [0.717, 1.165) is 5.56 Å². The number of hydrogen-bond donors (Lipinski definition) is 1. The van der Waals surface area contributed by atoms with Crippen LogP contribution in [0.25, 0.3) is 0 Å². The lowest BCUT2D eigenvalue weighted by atomic mass is 10.1. The Morgan fingerprint density at radius 1 is 1.08 bits per heavy atom. The Bertz CT molecular complexity index is 726. The Kier molecular flexibility index (Phi) is 6.20. The van der Waals surface area contributed by atoms with Gasteiger partial charge in [-0.1, -0.05) is 6.07 Å². The molecule has 0 saturated carbocycles. The SMILES string of the molecule is COC(=O)c1sccc1NC(=O)CCc1ccc(OC)c(OC)c1. The molecular formula is C17H19NO5S. The zero-order chi connectivity index (χ0) is 17.5. The number of nitrogens with one attached hydrogen (secondary N) is 1. The molecule has 0 aliphatic heterocycles. The van der Waals surface area contributed by atoms with Crippen LogP contribution in [-0.2, 0) is 16.0 Å². The second-order valence-corrected chi connectivity index (χ2v) is 5.81. The van der Waals surface area contributed by atoms with E-state index in [1.165, 1.54) is 18.4 Å². The average Bonchev–Trinajstić information content (AvgIpc) is 3.06. The molecule has 24 heavy (non-hydrogen) atoms. The van der Waals surface area contributed by atoms with Crippen molar-refractivity contribution in [3.05, 3.63) is 40.1 Å². The van der Waals surface area contributed by atoms with Gasteiger partial charge < -0.3 is 19.5 Å². The van der Waals surface area contributed by atoms with E-state index in [-0.39, 0.29) is 12.3 Å². The molecule has 0 aliphatic rings. The lowest BCUT2D eigenvalue weighted by molar-refractivity contribution is -0.116. The summed E-state index contributed by atoms with van der Waals surface area (Å²) in [6.45, 7) is 0. The van der Waals surface area contributed by atoms with E-state index in [9.17, 15) is 9.59 Å². The first-order chi connectivity index (χ1) is 11.6. The molecule has 1 N–H and O–H groups in total. The van der Waals surface area contributed by atoms with Crippen LogP contribution in [0.5, 0.6) is 11.5 Å². The van der Waals surface area contributed by atoms with Crippen LogP contribution >= 0.6 is 11.3 Å². The van der Waals surface area contributed by atoms with Gasteiger partial charge in [-0.05, 0) is 35.6 Å². The molecule has 128 valence electrons. The van der Waals surface area contributed by atoms with Crippen LogP contribution < -0.4 is 14.8 Å². The van der Waals surface area contributed by atoms with Gasteiger partial charge in [0.1, 0.15) is 4.88 Å². The first-order valence-corrected chi connectivity index (χ1v) is 8.13.